The fourth-order valence-electron chi connectivity index (χ4n) is 1.28. The van der Waals surface area contributed by atoms with E-state index in [0.717, 1.165) is 6.20 Å². The van der Waals surface area contributed by atoms with Crippen LogP contribution in [0.15, 0.2) is 40.5 Å². The molecule has 112 valence electrons. The van der Waals surface area contributed by atoms with E-state index >= 15 is 0 Å². The van der Waals surface area contributed by atoms with E-state index < -0.39 is 14.6 Å². The van der Waals surface area contributed by atoms with Crippen molar-refractivity contribution in [3.63, 3.8) is 0 Å². The van der Waals surface area contributed by atoms with Gasteiger partial charge in [0, 0.05) is 16.8 Å². The minimum Gasteiger partial charge on any atom is -0.284 e. The molecule has 0 spiro atoms. The number of rotatable bonds is 4. The summed E-state index contributed by atoms with van der Waals surface area (Å²) in [6.07, 6.45) is 2.51. The van der Waals surface area contributed by atoms with Gasteiger partial charge in [0.1, 0.15) is 6.07 Å². The summed E-state index contributed by atoms with van der Waals surface area (Å²) in [5.41, 5.74) is 3.12. The smallest absolute Gasteiger partial charge is 0.194 e. The molecule has 1 aromatic rings. The van der Waals surface area contributed by atoms with Gasteiger partial charge in [-0.25, -0.2) is 8.42 Å². The first kappa shape index (κ1) is 17.2. The minimum absolute atomic E-state index is 0.369. The zero-order valence-corrected chi connectivity index (χ0v) is 13.5. The third-order valence-corrected chi connectivity index (χ3v) is 5.33. The number of hydrogen-bond acceptors (Lipinski definition) is 5. The van der Waals surface area contributed by atoms with Gasteiger partial charge in [-0.1, -0.05) is 29.8 Å². The van der Waals surface area contributed by atoms with Gasteiger partial charge < -0.3 is 0 Å². The zero-order valence-electron chi connectivity index (χ0n) is 12.0. The van der Waals surface area contributed by atoms with E-state index in [9.17, 15) is 8.42 Å². The van der Waals surface area contributed by atoms with Crippen LogP contribution in [0.4, 0.5) is 0 Å². The normalized spacial score (nSPS) is 13.2. The molecule has 0 atom stereocenters. The number of benzene rings is 1. The molecule has 0 aliphatic rings. The first-order valence-corrected chi connectivity index (χ1v) is 7.94. The van der Waals surface area contributed by atoms with E-state index in [1.165, 1.54) is 27.0 Å². The molecule has 1 N–H and O–H groups in total. The second kappa shape index (κ2) is 6.74. The van der Waals surface area contributed by atoms with Crippen molar-refractivity contribution in [1.82, 2.24) is 5.43 Å². The SMILES string of the molecule is CC(C)(C)S(=O)(=O)/C(C#N)=C/N/N=C\c1ccccc1Cl. The molecular weight excluding hydrogens is 310 g/mol. The number of nitrogens with one attached hydrogen (secondary N) is 1. The fourth-order valence-corrected chi connectivity index (χ4v) is 2.45. The predicted molar refractivity (Wildman–Crippen MR) is 84.6 cm³/mol. The summed E-state index contributed by atoms with van der Waals surface area (Å²) < 4.78 is 23.1. The van der Waals surface area contributed by atoms with Crippen LogP contribution in [-0.4, -0.2) is 19.4 Å². The number of allylic oxidation sites excluding steroid dienone is 1. The van der Waals surface area contributed by atoms with Crippen LogP contribution in [0, 0.1) is 11.3 Å². The quantitative estimate of drug-likeness (QED) is 0.524. The Balaban J connectivity index is 2.90. The molecule has 1 rings (SSSR count). The number of sulfone groups is 1. The van der Waals surface area contributed by atoms with Crippen molar-refractivity contribution in [2.24, 2.45) is 5.10 Å². The lowest BCUT2D eigenvalue weighted by Gasteiger charge is -2.17. The first-order chi connectivity index (χ1) is 9.70. The fraction of sp³-hybridized carbons (Fsp3) is 0.286. The van der Waals surface area contributed by atoms with Gasteiger partial charge in [0.15, 0.2) is 14.7 Å². The second-order valence-electron chi connectivity index (χ2n) is 5.15. The standard InChI is InChI=1S/C14H16ClN3O2S/c1-14(2,3)21(19,20)12(8-16)10-18-17-9-11-6-4-5-7-13(11)15/h4-7,9-10,18H,1-3H3/b12-10+,17-9-. The molecule has 0 aliphatic carbocycles. The molecule has 0 aromatic heterocycles. The number of hydrazone groups is 1. The van der Waals surface area contributed by atoms with Crippen LogP contribution in [0.3, 0.4) is 0 Å². The highest BCUT2D eigenvalue weighted by Crippen LogP contribution is 2.22. The Morgan fingerprint density at radius 3 is 2.52 bits per heavy atom. The summed E-state index contributed by atoms with van der Waals surface area (Å²) in [6.45, 7) is 4.58. The third-order valence-electron chi connectivity index (χ3n) is 2.58. The number of hydrogen-bond donors (Lipinski definition) is 1. The predicted octanol–water partition coefficient (Wildman–Crippen LogP) is 2.84. The van der Waals surface area contributed by atoms with Crippen molar-refractivity contribution in [2.75, 3.05) is 0 Å². The van der Waals surface area contributed by atoms with Crippen LogP contribution in [0.5, 0.6) is 0 Å². The molecule has 0 unspecified atom stereocenters. The average Bonchev–Trinajstić information content (AvgIpc) is 2.39. The molecule has 0 fully saturated rings. The Kier molecular flexibility index (Phi) is 5.53. The summed E-state index contributed by atoms with van der Waals surface area (Å²) in [6, 6.07) is 8.73. The van der Waals surface area contributed by atoms with Crippen molar-refractivity contribution in [2.45, 2.75) is 25.5 Å². The summed E-state index contributed by atoms with van der Waals surface area (Å²) in [7, 11) is -3.70. The van der Waals surface area contributed by atoms with Gasteiger partial charge in [0.25, 0.3) is 0 Å². The van der Waals surface area contributed by atoms with Crippen molar-refractivity contribution in [3.8, 4) is 6.07 Å². The maximum Gasteiger partial charge on any atom is 0.194 e. The van der Waals surface area contributed by atoms with Crippen LogP contribution in [0.1, 0.15) is 26.3 Å². The molecule has 0 saturated heterocycles. The maximum atomic E-state index is 12.1. The van der Waals surface area contributed by atoms with E-state index in [1.807, 2.05) is 0 Å². The highest BCUT2D eigenvalue weighted by Gasteiger charge is 2.33. The molecule has 21 heavy (non-hydrogen) atoms. The highest BCUT2D eigenvalue weighted by molar-refractivity contribution is 7.96. The van der Waals surface area contributed by atoms with Crippen molar-refractivity contribution in [1.29, 1.82) is 5.26 Å². The van der Waals surface area contributed by atoms with Gasteiger partial charge in [-0.3, -0.25) is 5.43 Å². The van der Waals surface area contributed by atoms with Crippen molar-refractivity contribution >= 4 is 27.7 Å². The Hall–Kier alpha value is -1.84. The Labute approximate surface area is 129 Å². The van der Waals surface area contributed by atoms with Gasteiger partial charge in [-0.05, 0) is 26.8 Å². The molecule has 0 bridgehead atoms. The van der Waals surface area contributed by atoms with Crippen LogP contribution in [-0.2, 0) is 9.84 Å². The molecule has 0 aliphatic heterocycles. The van der Waals surface area contributed by atoms with Crippen LogP contribution >= 0.6 is 11.6 Å². The van der Waals surface area contributed by atoms with Gasteiger partial charge in [0.05, 0.1) is 11.0 Å². The topological polar surface area (TPSA) is 82.3 Å². The molecule has 0 heterocycles. The summed E-state index contributed by atoms with van der Waals surface area (Å²) >= 11 is 5.94. The molecule has 7 heteroatoms. The number of nitrogens with zero attached hydrogens (tertiary/aromatic N) is 2. The third kappa shape index (κ3) is 4.31. The Bertz CT molecular complexity index is 710. The van der Waals surface area contributed by atoms with Crippen LogP contribution in [0.2, 0.25) is 5.02 Å². The van der Waals surface area contributed by atoms with Gasteiger partial charge in [-0.2, -0.15) is 10.4 Å². The van der Waals surface area contributed by atoms with Crippen molar-refractivity contribution in [3.05, 3.63) is 46.0 Å². The molecule has 0 amide bonds. The van der Waals surface area contributed by atoms with E-state index in [1.54, 1.807) is 30.3 Å². The zero-order chi connectivity index (χ0) is 16.1. The van der Waals surface area contributed by atoms with Crippen LogP contribution < -0.4 is 5.43 Å². The average molecular weight is 326 g/mol. The summed E-state index contributed by atoms with van der Waals surface area (Å²) in [5.74, 6) is 0. The monoisotopic (exact) mass is 325 g/mol. The molecule has 0 radical (unpaired) electrons. The molecule has 0 saturated carbocycles. The van der Waals surface area contributed by atoms with E-state index in [4.69, 9.17) is 16.9 Å². The van der Waals surface area contributed by atoms with Gasteiger partial charge in [-0.15, -0.1) is 0 Å². The molecular formula is C14H16ClN3O2S. The summed E-state index contributed by atoms with van der Waals surface area (Å²) in [4.78, 5) is -0.369. The van der Waals surface area contributed by atoms with Crippen LogP contribution in [0.25, 0.3) is 0 Å². The maximum absolute atomic E-state index is 12.1. The lowest BCUT2D eigenvalue weighted by Crippen LogP contribution is -2.29. The van der Waals surface area contributed by atoms with Crippen molar-refractivity contribution < 1.29 is 8.42 Å². The number of nitriles is 1. The van der Waals surface area contributed by atoms with Gasteiger partial charge in [0.2, 0.25) is 0 Å². The molecule has 5 nitrogen and oxygen atoms in total. The molecule has 1 aromatic carbocycles. The van der Waals surface area contributed by atoms with E-state index in [0.29, 0.717) is 10.6 Å². The highest BCUT2D eigenvalue weighted by atomic mass is 35.5. The number of halogens is 1. The minimum atomic E-state index is -3.70. The van der Waals surface area contributed by atoms with E-state index in [2.05, 4.69) is 10.5 Å². The second-order valence-corrected chi connectivity index (χ2v) is 8.22. The first-order valence-electron chi connectivity index (χ1n) is 6.08. The lowest BCUT2D eigenvalue weighted by atomic mass is 10.2. The summed E-state index contributed by atoms with van der Waals surface area (Å²) in [5, 5.41) is 13.3. The Morgan fingerprint density at radius 2 is 2.00 bits per heavy atom. The van der Waals surface area contributed by atoms with Gasteiger partial charge >= 0.3 is 0 Å². The Morgan fingerprint density at radius 1 is 1.38 bits per heavy atom. The lowest BCUT2D eigenvalue weighted by molar-refractivity contribution is 0.568. The largest absolute Gasteiger partial charge is 0.284 e. The van der Waals surface area contributed by atoms with E-state index in [-0.39, 0.29) is 4.91 Å².